The van der Waals surface area contributed by atoms with Gasteiger partial charge in [0.15, 0.2) is 0 Å². The van der Waals surface area contributed by atoms with Gasteiger partial charge >= 0.3 is 0 Å². The summed E-state index contributed by atoms with van der Waals surface area (Å²) in [4.78, 5) is 0. The topological polar surface area (TPSA) is 30.4 Å². The highest BCUT2D eigenvalue weighted by Crippen LogP contribution is 2.27. The van der Waals surface area contributed by atoms with Gasteiger partial charge in [-0.3, -0.25) is 0 Å². The molecule has 0 aliphatic rings. The molecule has 3 rings (SSSR count). The smallest absolute Gasteiger partial charge is 0.0557 e. The molecule has 0 saturated carbocycles. The molecular formula is C15H14N2. The zero-order valence-corrected chi connectivity index (χ0v) is 9.72. The fourth-order valence-electron chi connectivity index (χ4n) is 2.27. The van der Waals surface area contributed by atoms with Crippen LogP contribution in [0, 0.1) is 6.92 Å². The van der Waals surface area contributed by atoms with Crippen molar-refractivity contribution in [3.8, 4) is 11.3 Å². The summed E-state index contributed by atoms with van der Waals surface area (Å²) in [6, 6.07) is 16.4. The minimum absolute atomic E-state index is 0.798. The Kier molecular flexibility index (Phi) is 2.15. The first-order valence-electron chi connectivity index (χ1n) is 5.68. The molecule has 0 bridgehead atoms. The molecule has 3 aromatic rings. The van der Waals surface area contributed by atoms with E-state index in [9.17, 15) is 0 Å². The lowest BCUT2D eigenvalue weighted by molar-refractivity contribution is 1.19. The lowest BCUT2D eigenvalue weighted by Crippen LogP contribution is -1.89. The lowest BCUT2D eigenvalue weighted by Gasteiger charge is -2.05. The predicted molar refractivity (Wildman–Crippen MR) is 72.0 cm³/mol. The van der Waals surface area contributed by atoms with E-state index in [4.69, 9.17) is 5.73 Å². The average molecular weight is 222 g/mol. The van der Waals surface area contributed by atoms with Gasteiger partial charge < -0.3 is 10.1 Å². The quantitative estimate of drug-likeness (QED) is 0.627. The summed E-state index contributed by atoms with van der Waals surface area (Å²) in [6.07, 6.45) is 2.09. The minimum Gasteiger partial charge on any atom is -0.399 e. The normalized spacial score (nSPS) is 10.9. The fourth-order valence-corrected chi connectivity index (χ4v) is 2.27. The van der Waals surface area contributed by atoms with E-state index >= 15 is 0 Å². The van der Waals surface area contributed by atoms with Crippen molar-refractivity contribution < 1.29 is 0 Å². The van der Waals surface area contributed by atoms with Gasteiger partial charge in [-0.1, -0.05) is 18.2 Å². The molecule has 0 aliphatic carbocycles. The van der Waals surface area contributed by atoms with E-state index in [2.05, 4.69) is 47.9 Å². The molecule has 0 radical (unpaired) electrons. The summed E-state index contributed by atoms with van der Waals surface area (Å²) >= 11 is 0. The van der Waals surface area contributed by atoms with E-state index in [1.165, 1.54) is 22.3 Å². The Morgan fingerprint density at radius 2 is 1.76 bits per heavy atom. The van der Waals surface area contributed by atoms with Gasteiger partial charge in [0, 0.05) is 17.4 Å². The summed E-state index contributed by atoms with van der Waals surface area (Å²) in [6.45, 7) is 2.14. The van der Waals surface area contributed by atoms with E-state index in [-0.39, 0.29) is 0 Å². The SMILES string of the molecule is Cc1cc2ccccn2c1-c1ccc(N)cc1. The fraction of sp³-hybridized carbons (Fsp3) is 0.0667. The Balaban J connectivity index is 2.29. The van der Waals surface area contributed by atoms with Gasteiger partial charge in [0.05, 0.1) is 5.69 Å². The predicted octanol–water partition coefficient (Wildman–Crippen LogP) is 3.50. The van der Waals surface area contributed by atoms with Crippen LogP contribution in [0.1, 0.15) is 5.56 Å². The maximum Gasteiger partial charge on any atom is 0.0557 e. The molecule has 2 nitrogen and oxygen atoms in total. The van der Waals surface area contributed by atoms with Crippen molar-refractivity contribution in [3.63, 3.8) is 0 Å². The first-order chi connectivity index (χ1) is 8.25. The van der Waals surface area contributed by atoms with Gasteiger partial charge in [-0.05, 0) is 48.4 Å². The Labute approximate surface area is 100 Å². The molecular weight excluding hydrogens is 208 g/mol. The Morgan fingerprint density at radius 1 is 1.00 bits per heavy atom. The zero-order valence-electron chi connectivity index (χ0n) is 9.72. The number of hydrogen-bond donors (Lipinski definition) is 1. The van der Waals surface area contributed by atoms with Crippen LogP contribution >= 0.6 is 0 Å². The lowest BCUT2D eigenvalue weighted by atomic mass is 10.1. The Morgan fingerprint density at radius 3 is 2.53 bits per heavy atom. The Hall–Kier alpha value is -2.22. The number of nitrogen functional groups attached to an aromatic ring is 1. The highest BCUT2D eigenvalue weighted by molar-refractivity contribution is 5.72. The number of aryl methyl sites for hydroxylation is 1. The molecule has 2 aromatic heterocycles. The van der Waals surface area contributed by atoms with E-state index in [1.807, 2.05) is 18.2 Å². The van der Waals surface area contributed by atoms with Crippen molar-refractivity contribution in [2.24, 2.45) is 0 Å². The highest BCUT2D eigenvalue weighted by Gasteiger charge is 2.07. The van der Waals surface area contributed by atoms with Crippen molar-refractivity contribution in [1.82, 2.24) is 4.40 Å². The van der Waals surface area contributed by atoms with Crippen LogP contribution < -0.4 is 5.73 Å². The molecule has 0 aliphatic heterocycles. The summed E-state index contributed by atoms with van der Waals surface area (Å²) in [5, 5.41) is 0. The van der Waals surface area contributed by atoms with Gasteiger partial charge in [-0.25, -0.2) is 0 Å². The molecule has 0 atom stereocenters. The number of nitrogens with zero attached hydrogens (tertiary/aromatic N) is 1. The van der Waals surface area contributed by atoms with Crippen molar-refractivity contribution in [2.75, 3.05) is 5.73 Å². The molecule has 1 aromatic carbocycles. The maximum atomic E-state index is 5.72. The second-order valence-electron chi connectivity index (χ2n) is 4.29. The number of aromatic nitrogens is 1. The van der Waals surface area contributed by atoms with Crippen LogP contribution in [0.4, 0.5) is 5.69 Å². The van der Waals surface area contributed by atoms with Crippen LogP contribution in [0.25, 0.3) is 16.8 Å². The van der Waals surface area contributed by atoms with Gasteiger partial charge in [0.2, 0.25) is 0 Å². The van der Waals surface area contributed by atoms with Crippen molar-refractivity contribution in [3.05, 3.63) is 60.3 Å². The molecule has 0 fully saturated rings. The molecule has 2 N–H and O–H groups in total. The van der Waals surface area contributed by atoms with E-state index in [0.29, 0.717) is 0 Å². The van der Waals surface area contributed by atoms with Crippen molar-refractivity contribution in [1.29, 1.82) is 0 Å². The number of pyridine rings is 1. The second-order valence-corrected chi connectivity index (χ2v) is 4.29. The van der Waals surface area contributed by atoms with E-state index in [0.717, 1.165) is 5.69 Å². The number of nitrogens with two attached hydrogens (primary N) is 1. The number of anilines is 1. The van der Waals surface area contributed by atoms with Gasteiger partial charge in [0.1, 0.15) is 0 Å². The first-order valence-corrected chi connectivity index (χ1v) is 5.68. The Bertz CT molecular complexity index is 663. The number of benzene rings is 1. The molecule has 0 spiro atoms. The van der Waals surface area contributed by atoms with Gasteiger partial charge in [-0.2, -0.15) is 0 Å². The maximum absolute atomic E-state index is 5.72. The summed E-state index contributed by atoms with van der Waals surface area (Å²) in [5.41, 5.74) is 11.5. The molecule has 0 amide bonds. The second kappa shape index (κ2) is 3.67. The molecule has 84 valence electrons. The monoisotopic (exact) mass is 222 g/mol. The van der Waals surface area contributed by atoms with E-state index < -0.39 is 0 Å². The molecule has 2 heteroatoms. The number of rotatable bonds is 1. The van der Waals surface area contributed by atoms with Crippen molar-refractivity contribution >= 4 is 11.2 Å². The van der Waals surface area contributed by atoms with Gasteiger partial charge in [0.25, 0.3) is 0 Å². The van der Waals surface area contributed by atoms with Crippen LogP contribution in [0.5, 0.6) is 0 Å². The zero-order chi connectivity index (χ0) is 11.8. The molecule has 0 unspecified atom stereocenters. The largest absolute Gasteiger partial charge is 0.399 e. The van der Waals surface area contributed by atoms with Crippen molar-refractivity contribution in [2.45, 2.75) is 6.92 Å². The highest BCUT2D eigenvalue weighted by atomic mass is 14.9. The number of hydrogen-bond acceptors (Lipinski definition) is 1. The third kappa shape index (κ3) is 1.58. The summed E-state index contributed by atoms with van der Waals surface area (Å²) < 4.78 is 2.21. The van der Waals surface area contributed by atoms with Crippen LogP contribution in [-0.2, 0) is 0 Å². The van der Waals surface area contributed by atoms with Crippen LogP contribution in [0.2, 0.25) is 0 Å². The third-order valence-electron chi connectivity index (χ3n) is 3.05. The summed E-state index contributed by atoms with van der Waals surface area (Å²) in [7, 11) is 0. The molecule has 2 heterocycles. The number of fused-ring (bicyclic) bond motifs is 1. The van der Waals surface area contributed by atoms with E-state index in [1.54, 1.807) is 0 Å². The minimum atomic E-state index is 0.798. The first kappa shape index (κ1) is 9.97. The van der Waals surface area contributed by atoms with Crippen LogP contribution in [0.3, 0.4) is 0 Å². The van der Waals surface area contributed by atoms with Crippen LogP contribution in [0.15, 0.2) is 54.7 Å². The third-order valence-corrected chi connectivity index (χ3v) is 3.05. The average Bonchev–Trinajstić information content (AvgIpc) is 2.66. The van der Waals surface area contributed by atoms with Gasteiger partial charge in [-0.15, -0.1) is 0 Å². The molecule has 0 saturated heterocycles. The van der Waals surface area contributed by atoms with Crippen LogP contribution in [-0.4, -0.2) is 4.40 Å². The molecule has 17 heavy (non-hydrogen) atoms. The summed E-state index contributed by atoms with van der Waals surface area (Å²) in [5.74, 6) is 0. The standard InChI is InChI=1S/C15H14N2/c1-11-10-14-4-2-3-9-17(14)15(11)12-5-7-13(16)8-6-12/h2-10H,16H2,1H3.